The highest BCUT2D eigenvalue weighted by Gasteiger charge is 2.41. The lowest BCUT2D eigenvalue weighted by Gasteiger charge is -2.34. The summed E-state index contributed by atoms with van der Waals surface area (Å²) in [7, 11) is 0. The van der Waals surface area contributed by atoms with Crippen LogP contribution in [0.2, 0.25) is 5.02 Å². The number of carbonyl (C=O) groups excluding carboxylic acids is 1. The first-order chi connectivity index (χ1) is 19.4. The minimum Gasteiger partial charge on any atom is -0.390 e. The van der Waals surface area contributed by atoms with E-state index in [0.29, 0.717) is 52.9 Å². The molecule has 1 amide bonds. The molecular weight excluding hydrogens is 547 g/mol. The van der Waals surface area contributed by atoms with Gasteiger partial charge in [-0.3, -0.25) is 14.0 Å². The van der Waals surface area contributed by atoms with E-state index in [1.54, 1.807) is 51.1 Å². The van der Waals surface area contributed by atoms with Crippen LogP contribution in [0.1, 0.15) is 59.8 Å². The van der Waals surface area contributed by atoms with E-state index in [2.05, 4.69) is 4.98 Å². The molecule has 1 aromatic carbocycles. The van der Waals surface area contributed by atoms with Gasteiger partial charge in [-0.05, 0) is 92.5 Å². The molecule has 0 radical (unpaired) electrons. The maximum atomic E-state index is 16.2. The van der Waals surface area contributed by atoms with Crippen LogP contribution in [0.5, 0.6) is 0 Å². The number of allylic oxidation sites excluding steroid dienone is 1. The topological polar surface area (TPSA) is 123 Å². The van der Waals surface area contributed by atoms with Gasteiger partial charge in [0.05, 0.1) is 33.1 Å². The summed E-state index contributed by atoms with van der Waals surface area (Å²) in [6.45, 7) is 5.31. The number of aliphatic hydroxyl groups is 1. The smallest absolute Gasteiger partial charge is 0.340 e. The fourth-order valence-electron chi connectivity index (χ4n) is 6.55. The van der Waals surface area contributed by atoms with E-state index >= 15 is 4.39 Å². The zero-order chi connectivity index (χ0) is 29.4. The number of carbonyl (C=O) groups is 1. The number of halogens is 2. The average molecular weight is 577 g/mol. The van der Waals surface area contributed by atoms with Gasteiger partial charge in [-0.1, -0.05) is 23.7 Å². The molecule has 4 N–H and O–H groups in total. The molecule has 0 saturated heterocycles. The second-order valence-corrected chi connectivity index (χ2v) is 11.9. The molecule has 3 aromatic heterocycles. The van der Waals surface area contributed by atoms with Crippen LogP contribution in [0.25, 0.3) is 16.8 Å². The summed E-state index contributed by atoms with van der Waals surface area (Å²) in [6, 6.07) is 9.65. The van der Waals surface area contributed by atoms with Crippen LogP contribution >= 0.6 is 11.6 Å². The SMILES string of the molecule is Cc1c(C2c3c([nH]c4c3CCC(C(C)(C)O)C4)C(C(N)=O)=C[C@H]2F)cccc1-n1c(=O)cc2c(Cl)cccn2c1=O. The summed E-state index contributed by atoms with van der Waals surface area (Å²) < 4.78 is 18.5. The van der Waals surface area contributed by atoms with E-state index in [1.807, 2.05) is 0 Å². The molecule has 41 heavy (non-hydrogen) atoms. The lowest BCUT2D eigenvalue weighted by atomic mass is 9.73. The summed E-state index contributed by atoms with van der Waals surface area (Å²) in [5.41, 5.74) is 8.42. The number of benzene rings is 1. The molecule has 2 aliphatic rings. The maximum absolute atomic E-state index is 16.2. The third kappa shape index (κ3) is 4.26. The first-order valence-electron chi connectivity index (χ1n) is 13.5. The summed E-state index contributed by atoms with van der Waals surface area (Å²) in [6.07, 6.45) is 3.04. The van der Waals surface area contributed by atoms with Crippen LogP contribution in [-0.2, 0) is 17.6 Å². The number of hydrogen-bond acceptors (Lipinski definition) is 4. The van der Waals surface area contributed by atoms with Crippen molar-refractivity contribution in [3.8, 4) is 5.69 Å². The Morgan fingerprint density at radius 1 is 1.22 bits per heavy atom. The third-order valence-electron chi connectivity index (χ3n) is 8.70. The van der Waals surface area contributed by atoms with Crippen LogP contribution in [-0.4, -0.2) is 36.7 Å². The molecule has 0 bridgehead atoms. The number of aromatic nitrogens is 3. The number of aromatic amines is 1. The largest absolute Gasteiger partial charge is 0.390 e. The molecule has 3 heterocycles. The van der Waals surface area contributed by atoms with Crippen LogP contribution in [0.15, 0.2) is 58.3 Å². The van der Waals surface area contributed by atoms with Crippen molar-refractivity contribution >= 4 is 28.6 Å². The zero-order valence-corrected chi connectivity index (χ0v) is 23.6. The van der Waals surface area contributed by atoms with Crippen molar-refractivity contribution in [2.24, 2.45) is 11.7 Å². The van der Waals surface area contributed by atoms with E-state index in [0.717, 1.165) is 15.8 Å². The second-order valence-electron chi connectivity index (χ2n) is 11.5. The quantitative estimate of drug-likeness (QED) is 0.340. The number of rotatable bonds is 4. The highest BCUT2D eigenvalue weighted by atomic mass is 35.5. The maximum Gasteiger partial charge on any atom is 0.340 e. The summed E-state index contributed by atoms with van der Waals surface area (Å²) in [4.78, 5) is 42.5. The number of amides is 1. The molecule has 3 atom stereocenters. The molecule has 0 aliphatic heterocycles. The number of alkyl halides is 1. The number of fused-ring (bicyclic) bond motifs is 4. The standard InChI is InChI=1S/C31H30ClFN4O4/c1-15-17(6-4-8-23(15)37-25(38)14-24-20(32)7-5-11-36(24)30(37)40)26-21(33)13-19(29(34)39)28-27(26)18-10-9-16(31(2,3)41)12-22(18)35-28/h4-8,11,13-14,16,21,26,35,41H,9-10,12H2,1-3H3,(H2,34,39)/t16?,21-,26?/m1/s1. The number of nitrogens with one attached hydrogen (secondary N) is 1. The van der Waals surface area contributed by atoms with E-state index in [9.17, 15) is 19.5 Å². The molecule has 0 saturated carbocycles. The number of nitrogens with two attached hydrogens (primary N) is 1. The van der Waals surface area contributed by atoms with Crippen molar-refractivity contribution < 1.29 is 14.3 Å². The Morgan fingerprint density at radius 2 is 1.98 bits per heavy atom. The Morgan fingerprint density at radius 3 is 2.68 bits per heavy atom. The van der Waals surface area contributed by atoms with Crippen molar-refractivity contribution in [3.05, 3.63) is 108 Å². The second kappa shape index (κ2) is 9.56. The number of pyridine rings is 1. The molecule has 2 aliphatic carbocycles. The lowest BCUT2D eigenvalue weighted by molar-refractivity contribution is -0.112. The number of primary amides is 1. The van der Waals surface area contributed by atoms with Gasteiger partial charge in [-0.25, -0.2) is 13.8 Å². The molecule has 0 fully saturated rings. The van der Waals surface area contributed by atoms with Gasteiger partial charge in [0.1, 0.15) is 6.17 Å². The molecule has 4 aromatic rings. The first kappa shape index (κ1) is 27.2. The molecular formula is C31H30ClFN4O4. The zero-order valence-electron chi connectivity index (χ0n) is 22.9. The number of nitrogens with zero attached hydrogens (tertiary/aromatic N) is 2. The highest BCUT2D eigenvalue weighted by molar-refractivity contribution is 6.33. The van der Waals surface area contributed by atoms with Gasteiger partial charge in [0.2, 0.25) is 0 Å². The fourth-order valence-corrected chi connectivity index (χ4v) is 6.77. The van der Waals surface area contributed by atoms with Gasteiger partial charge in [-0.15, -0.1) is 0 Å². The van der Waals surface area contributed by atoms with Gasteiger partial charge in [0.15, 0.2) is 0 Å². The van der Waals surface area contributed by atoms with E-state index in [4.69, 9.17) is 17.3 Å². The minimum atomic E-state index is -1.58. The Bertz CT molecular complexity index is 1900. The molecule has 0 spiro atoms. The van der Waals surface area contributed by atoms with Crippen LogP contribution < -0.4 is 17.0 Å². The Kier molecular flexibility index (Phi) is 6.35. The van der Waals surface area contributed by atoms with Gasteiger partial charge in [0.25, 0.3) is 11.5 Å². The molecule has 2 unspecified atom stereocenters. The molecule has 6 rings (SSSR count). The Labute approximate surface area is 239 Å². The van der Waals surface area contributed by atoms with Crippen LogP contribution in [0.4, 0.5) is 4.39 Å². The Hall–Kier alpha value is -3.95. The monoisotopic (exact) mass is 576 g/mol. The normalized spacial score (nSPS) is 20.4. The van der Waals surface area contributed by atoms with Gasteiger partial charge in [-0.2, -0.15) is 0 Å². The number of hydrogen-bond donors (Lipinski definition) is 3. The van der Waals surface area contributed by atoms with E-state index in [-0.39, 0.29) is 16.5 Å². The fraction of sp³-hybridized carbons (Fsp3) is 0.323. The summed E-state index contributed by atoms with van der Waals surface area (Å²) in [5, 5.41) is 10.9. The van der Waals surface area contributed by atoms with E-state index < -0.39 is 34.8 Å². The van der Waals surface area contributed by atoms with Crippen LogP contribution in [0, 0.1) is 12.8 Å². The minimum absolute atomic E-state index is 0.0120. The van der Waals surface area contributed by atoms with Crippen LogP contribution in [0.3, 0.4) is 0 Å². The van der Waals surface area contributed by atoms with E-state index in [1.165, 1.54) is 22.7 Å². The lowest BCUT2D eigenvalue weighted by Crippen LogP contribution is -2.36. The molecule has 8 nitrogen and oxygen atoms in total. The predicted molar refractivity (Wildman–Crippen MR) is 156 cm³/mol. The predicted octanol–water partition coefficient (Wildman–Crippen LogP) is 3.97. The van der Waals surface area contributed by atoms with Gasteiger partial charge in [0, 0.05) is 23.9 Å². The Balaban J connectivity index is 1.55. The van der Waals surface area contributed by atoms with Crippen molar-refractivity contribution in [3.63, 3.8) is 0 Å². The molecule has 10 heteroatoms. The van der Waals surface area contributed by atoms with Crippen molar-refractivity contribution in [2.75, 3.05) is 0 Å². The van der Waals surface area contributed by atoms with Crippen molar-refractivity contribution in [1.29, 1.82) is 0 Å². The third-order valence-corrected chi connectivity index (χ3v) is 9.02. The van der Waals surface area contributed by atoms with Crippen molar-refractivity contribution in [2.45, 2.75) is 57.7 Å². The summed E-state index contributed by atoms with van der Waals surface area (Å²) >= 11 is 6.23. The number of H-pyrrole nitrogens is 1. The van der Waals surface area contributed by atoms with Gasteiger partial charge < -0.3 is 15.8 Å². The molecule has 212 valence electrons. The highest BCUT2D eigenvalue weighted by Crippen LogP contribution is 2.47. The first-order valence-corrected chi connectivity index (χ1v) is 13.9. The average Bonchev–Trinajstić information content (AvgIpc) is 3.28. The van der Waals surface area contributed by atoms with Crippen molar-refractivity contribution in [1.82, 2.24) is 14.0 Å². The van der Waals surface area contributed by atoms with Gasteiger partial charge >= 0.3 is 5.69 Å². The summed E-state index contributed by atoms with van der Waals surface area (Å²) in [5.74, 6) is -1.55.